The van der Waals surface area contributed by atoms with Gasteiger partial charge < -0.3 is 10.6 Å². The van der Waals surface area contributed by atoms with Gasteiger partial charge in [0.1, 0.15) is 5.82 Å². The Morgan fingerprint density at radius 1 is 1.10 bits per heavy atom. The van der Waals surface area contributed by atoms with Gasteiger partial charge >= 0.3 is 0 Å². The zero-order chi connectivity index (χ0) is 20.8. The largest absolute Gasteiger partial charge is 0.314 e. The lowest BCUT2D eigenvalue weighted by Crippen LogP contribution is -2.24. The first-order valence-electron chi connectivity index (χ1n) is 8.58. The fourth-order valence-electron chi connectivity index (χ4n) is 2.45. The standard InChI is InChI=1S/C20H17FN4O3S/c1-12(26)22-17-16(23-18(27)14-7-3-2-4-8-14)19(28)25-20(24-17)29-11-13-6-5-9-15(21)10-13/h2-10H,11H2,1H3,(H,23,27)(H2,22,24,25,26,28). The maximum Gasteiger partial charge on any atom is 0.277 e. The van der Waals surface area contributed by atoms with Crippen molar-refractivity contribution >= 4 is 35.1 Å². The topological polar surface area (TPSA) is 104 Å². The Balaban J connectivity index is 1.85. The highest BCUT2D eigenvalue weighted by Gasteiger charge is 2.17. The molecule has 3 rings (SSSR count). The van der Waals surface area contributed by atoms with Crippen LogP contribution in [0.15, 0.2) is 64.5 Å². The number of benzene rings is 2. The van der Waals surface area contributed by atoms with Gasteiger partial charge in [-0.1, -0.05) is 42.1 Å². The molecule has 3 aromatic rings. The molecule has 1 heterocycles. The molecule has 0 saturated heterocycles. The van der Waals surface area contributed by atoms with Crippen LogP contribution < -0.4 is 16.2 Å². The molecule has 148 valence electrons. The molecule has 0 fully saturated rings. The third-order valence-electron chi connectivity index (χ3n) is 3.73. The van der Waals surface area contributed by atoms with Crippen molar-refractivity contribution in [1.29, 1.82) is 0 Å². The quantitative estimate of drug-likeness (QED) is 0.425. The van der Waals surface area contributed by atoms with Gasteiger partial charge in [-0.05, 0) is 29.8 Å². The summed E-state index contributed by atoms with van der Waals surface area (Å²) < 4.78 is 13.3. The molecular weight excluding hydrogens is 395 g/mol. The molecule has 0 spiro atoms. The van der Waals surface area contributed by atoms with Gasteiger partial charge in [-0.3, -0.25) is 19.4 Å². The smallest absolute Gasteiger partial charge is 0.277 e. The molecule has 0 radical (unpaired) electrons. The molecule has 0 bridgehead atoms. The minimum atomic E-state index is -0.616. The fourth-order valence-corrected chi connectivity index (χ4v) is 3.25. The van der Waals surface area contributed by atoms with Crippen molar-refractivity contribution in [2.24, 2.45) is 0 Å². The second-order valence-electron chi connectivity index (χ2n) is 6.01. The van der Waals surface area contributed by atoms with Gasteiger partial charge in [-0.15, -0.1) is 0 Å². The van der Waals surface area contributed by atoms with Crippen LogP contribution in [0.4, 0.5) is 15.9 Å². The zero-order valence-electron chi connectivity index (χ0n) is 15.4. The van der Waals surface area contributed by atoms with E-state index in [-0.39, 0.29) is 22.5 Å². The number of hydrogen-bond acceptors (Lipinski definition) is 5. The summed E-state index contributed by atoms with van der Waals surface area (Å²) in [4.78, 5) is 43.3. The van der Waals surface area contributed by atoms with Gasteiger partial charge in [0.25, 0.3) is 11.5 Å². The summed E-state index contributed by atoms with van der Waals surface area (Å²) in [7, 11) is 0. The highest BCUT2D eigenvalue weighted by atomic mass is 32.2. The van der Waals surface area contributed by atoms with Crippen molar-refractivity contribution in [2.45, 2.75) is 17.8 Å². The molecule has 2 amide bonds. The van der Waals surface area contributed by atoms with Gasteiger partial charge in [-0.25, -0.2) is 9.37 Å². The number of carbonyl (C=O) groups excluding carboxylic acids is 2. The normalized spacial score (nSPS) is 10.4. The van der Waals surface area contributed by atoms with E-state index in [0.29, 0.717) is 16.9 Å². The van der Waals surface area contributed by atoms with Gasteiger partial charge in [0.15, 0.2) is 16.7 Å². The Kier molecular flexibility index (Phi) is 6.40. The first-order chi connectivity index (χ1) is 13.9. The average molecular weight is 412 g/mol. The Morgan fingerprint density at radius 3 is 2.55 bits per heavy atom. The summed E-state index contributed by atoms with van der Waals surface area (Å²) in [6.45, 7) is 1.27. The SMILES string of the molecule is CC(=O)Nc1nc(SCc2cccc(F)c2)[nH]c(=O)c1NC(=O)c1ccccc1. The van der Waals surface area contributed by atoms with Crippen LogP contribution in [0.25, 0.3) is 0 Å². The maximum absolute atomic E-state index is 13.3. The Morgan fingerprint density at radius 2 is 1.86 bits per heavy atom. The van der Waals surface area contributed by atoms with Crippen LogP contribution in [0.5, 0.6) is 0 Å². The summed E-state index contributed by atoms with van der Waals surface area (Å²) in [5.41, 5.74) is 0.282. The fraction of sp³-hybridized carbons (Fsp3) is 0.100. The number of aromatic amines is 1. The number of aromatic nitrogens is 2. The van der Waals surface area contributed by atoms with Crippen LogP contribution in [0.3, 0.4) is 0 Å². The molecular formula is C20H17FN4O3S. The number of amides is 2. The summed E-state index contributed by atoms with van der Waals surface area (Å²) >= 11 is 1.16. The number of anilines is 2. The van der Waals surface area contributed by atoms with Crippen LogP contribution in [0, 0.1) is 5.82 Å². The minimum Gasteiger partial charge on any atom is -0.314 e. The number of nitrogens with one attached hydrogen (secondary N) is 3. The van der Waals surface area contributed by atoms with Crippen molar-refractivity contribution < 1.29 is 14.0 Å². The minimum absolute atomic E-state index is 0.0627. The third-order valence-corrected chi connectivity index (χ3v) is 4.68. The lowest BCUT2D eigenvalue weighted by atomic mass is 10.2. The highest BCUT2D eigenvalue weighted by molar-refractivity contribution is 7.98. The number of halogens is 1. The number of hydrogen-bond donors (Lipinski definition) is 3. The van der Waals surface area contributed by atoms with Crippen molar-refractivity contribution in [2.75, 3.05) is 10.6 Å². The van der Waals surface area contributed by atoms with Crippen molar-refractivity contribution in [3.63, 3.8) is 0 Å². The Bertz CT molecular complexity index is 1100. The number of thioether (sulfide) groups is 1. The second-order valence-corrected chi connectivity index (χ2v) is 6.98. The predicted molar refractivity (Wildman–Crippen MR) is 110 cm³/mol. The summed E-state index contributed by atoms with van der Waals surface area (Å²) in [6, 6.07) is 14.4. The molecule has 0 saturated carbocycles. The molecule has 2 aromatic carbocycles. The number of H-pyrrole nitrogens is 1. The van der Waals surface area contributed by atoms with E-state index in [1.165, 1.54) is 19.1 Å². The molecule has 3 N–H and O–H groups in total. The lowest BCUT2D eigenvalue weighted by molar-refractivity contribution is -0.114. The third kappa shape index (κ3) is 5.52. The molecule has 0 aliphatic rings. The van der Waals surface area contributed by atoms with E-state index in [1.807, 2.05) is 0 Å². The van der Waals surface area contributed by atoms with Crippen LogP contribution in [0.1, 0.15) is 22.8 Å². The number of carbonyl (C=O) groups is 2. The zero-order valence-corrected chi connectivity index (χ0v) is 16.2. The van der Waals surface area contributed by atoms with E-state index in [9.17, 15) is 18.8 Å². The average Bonchev–Trinajstić information content (AvgIpc) is 2.69. The Labute approximate surface area is 169 Å². The molecule has 1 aromatic heterocycles. The summed E-state index contributed by atoms with van der Waals surface area (Å²) in [5, 5.41) is 5.17. The summed E-state index contributed by atoms with van der Waals surface area (Å²) in [5.74, 6) is -1.02. The van der Waals surface area contributed by atoms with Crippen LogP contribution >= 0.6 is 11.8 Å². The van der Waals surface area contributed by atoms with E-state index in [1.54, 1.807) is 42.5 Å². The molecule has 9 heteroatoms. The molecule has 0 atom stereocenters. The molecule has 29 heavy (non-hydrogen) atoms. The van der Waals surface area contributed by atoms with Gasteiger partial charge in [0.05, 0.1) is 0 Å². The maximum atomic E-state index is 13.3. The predicted octanol–water partition coefficient (Wildman–Crippen LogP) is 3.41. The molecule has 0 unspecified atom stereocenters. The van der Waals surface area contributed by atoms with Crippen LogP contribution in [0.2, 0.25) is 0 Å². The van der Waals surface area contributed by atoms with Gasteiger partial charge in [0.2, 0.25) is 5.91 Å². The van der Waals surface area contributed by atoms with Gasteiger partial charge in [0, 0.05) is 18.2 Å². The molecule has 0 aliphatic carbocycles. The lowest BCUT2D eigenvalue weighted by Gasteiger charge is -2.11. The van der Waals surface area contributed by atoms with E-state index < -0.39 is 17.4 Å². The van der Waals surface area contributed by atoms with Crippen LogP contribution in [-0.2, 0) is 10.5 Å². The Hall–Kier alpha value is -3.46. The summed E-state index contributed by atoms with van der Waals surface area (Å²) in [6.07, 6.45) is 0. The van der Waals surface area contributed by atoms with E-state index >= 15 is 0 Å². The first kappa shape index (κ1) is 20.3. The number of rotatable bonds is 6. The first-order valence-corrected chi connectivity index (χ1v) is 9.56. The number of nitrogens with zero attached hydrogens (tertiary/aromatic N) is 1. The van der Waals surface area contributed by atoms with Crippen molar-refractivity contribution in [3.05, 3.63) is 81.9 Å². The van der Waals surface area contributed by atoms with Crippen molar-refractivity contribution in [1.82, 2.24) is 9.97 Å². The molecule has 7 nitrogen and oxygen atoms in total. The van der Waals surface area contributed by atoms with E-state index in [0.717, 1.165) is 11.8 Å². The van der Waals surface area contributed by atoms with E-state index in [2.05, 4.69) is 20.6 Å². The second kappa shape index (κ2) is 9.16. The van der Waals surface area contributed by atoms with E-state index in [4.69, 9.17) is 0 Å². The monoisotopic (exact) mass is 412 g/mol. The van der Waals surface area contributed by atoms with Crippen LogP contribution in [-0.4, -0.2) is 21.8 Å². The van der Waals surface area contributed by atoms with Gasteiger partial charge in [-0.2, -0.15) is 0 Å². The van der Waals surface area contributed by atoms with Crippen molar-refractivity contribution in [3.8, 4) is 0 Å². The highest BCUT2D eigenvalue weighted by Crippen LogP contribution is 2.23. The molecule has 0 aliphatic heterocycles.